The van der Waals surface area contributed by atoms with Crippen LogP contribution < -0.4 is 0 Å². The Morgan fingerprint density at radius 3 is 2.78 bits per heavy atom. The molecular weight excluding hydrogens is 232 g/mol. The van der Waals surface area contributed by atoms with E-state index in [4.69, 9.17) is 4.74 Å². The lowest BCUT2D eigenvalue weighted by molar-refractivity contribution is -0.427. The van der Waals surface area contributed by atoms with Gasteiger partial charge in [-0.05, 0) is 18.6 Å². The zero-order valence-electron chi connectivity index (χ0n) is 10.6. The molecule has 18 heavy (non-hydrogen) atoms. The van der Waals surface area contributed by atoms with Crippen molar-refractivity contribution in [2.75, 3.05) is 26.3 Å². The van der Waals surface area contributed by atoms with Crippen LogP contribution in [0.25, 0.3) is 0 Å². The van der Waals surface area contributed by atoms with Crippen LogP contribution >= 0.6 is 0 Å². The SMILES string of the molecule is CCC1=C([N+](=O)[O-])CC=CC(N2CCOCC2)=C1. The third-order valence-electron chi connectivity index (χ3n) is 3.27. The molecule has 1 heterocycles. The summed E-state index contributed by atoms with van der Waals surface area (Å²) in [6, 6.07) is 0. The monoisotopic (exact) mass is 250 g/mol. The summed E-state index contributed by atoms with van der Waals surface area (Å²) in [7, 11) is 0. The minimum absolute atomic E-state index is 0.262. The quantitative estimate of drug-likeness (QED) is 0.568. The van der Waals surface area contributed by atoms with Gasteiger partial charge >= 0.3 is 0 Å². The second-order valence-electron chi connectivity index (χ2n) is 4.36. The lowest BCUT2D eigenvalue weighted by atomic mass is 10.1. The van der Waals surface area contributed by atoms with Gasteiger partial charge in [0, 0.05) is 24.4 Å². The van der Waals surface area contributed by atoms with Gasteiger partial charge in [-0.2, -0.15) is 0 Å². The molecule has 0 spiro atoms. The predicted octanol–water partition coefficient (Wildman–Crippen LogP) is 2.10. The van der Waals surface area contributed by atoms with Crippen LogP contribution in [0.3, 0.4) is 0 Å². The van der Waals surface area contributed by atoms with Crippen LogP contribution in [0.1, 0.15) is 19.8 Å². The van der Waals surface area contributed by atoms with E-state index in [0.717, 1.165) is 37.6 Å². The molecule has 1 aliphatic carbocycles. The summed E-state index contributed by atoms with van der Waals surface area (Å²) < 4.78 is 5.32. The Morgan fingerprint density at radius 2 is 2.17 bits per heavy atom. The maximum Gasteiger partial charge on any atom is 0.253 e. The van der Waals surface area contributed by atoms with Gasteiger partial charge in [0.25, 0.3) is 5.70 Å². The maximum absolute atomic E-state index is 11.0. The van der Waals surface area contributed by atoms with Gasteiger partial charge in [0.15, 0.2) is 0 Å². The van der Waals surface area contributed by atoms with Gasteiger partial charge < -0.3 is 9.64 Å². The average molecular weight is 250 g/mol. The third-order valence-corrected chi connectivity index (χ3v) is 3.27. The molecule has 0 aromatic heterocycles. The number of nitrogens with zero attached hydrogens (tertiary/aromatic N) is 2. The molecule has 98 valence electrons. The zero-order chi connectivity index (χ0) is 13.0. The minimum atomic E-state index is -0.262. The number of nitro groups is 1. The fourth-order valence-corrected chi connectivity index (χ4v) is 2.25. The molecule has 0 saturated carbocycles. The predicted molar refractivity (Wildman–Crippen MR) is 68.5 cm³/mol. The van der Waals surface area contributed by atoms with Gasteiger partial charge in [-0.25, -0.2) is 0 Å². The average Bonchev–Trinajstić information content (AvgIpc) is 2.62. The Kier molecular flexibility index (Phi) is 4.15. The normalized spacial score (nSPS) is 20.7. The third kappa shape index (κ3) is 2.79. The van der Waals surface area contributed by atoms with Crippen LogP contribution in [-0.4, -0.2) is 36.1 Å². The van der Waals surface area contributed by atoms with Crippen molar-refractivity contribution < 1.29 is 9.66 Å². The first kappa shape index (κ1) is 12.8. The highest BCUT2D eigenvalue weighted by Gasteiger charge is 2.19. The molecule has 2 aliphatic rings. The van der Waals surface area contributed by atoms with Crippen molar-refractivity contribution in [2.45, 2.75) is 19.8 Å². The van der Waals surface area contributed by atoms with E-state index in [1.807, 2.05) is 25.2 Å². The number of morpholine rings is 1. The second kappa shape index (κ2) is 5.82. The fraction of sp³-hybridized carbons (Fsp3) is 0.538. The van der Waals surface area contributed by atoms with E-state index >= 15 is 0 Å². The molecule has 0 amide bonds. The summed E-state index contributed by atoms with van der Waals surface area (Å²) >= 11 is 0. The van der Waals surface area contributed by atoms with Crippen molar-refractivity contribution in [3.63, 3.8) is 0 Å². The lowest BCUT2D eigenvalue weighted by Crippen LogP contribution is -2.35. The molecule has 5 nitrogen and oxygen atoms in total. The van der Waals surface area contributed by atoms with Gasteiger partial charge in [0.2, 0.25) is 0 Å². The van der Waals surface area contributed by atoms with E-state index in [0.29, 0.717) is 18.5 Å². The molecule has 0 unspecified atom stereocenters. The van der Waals surface area contributed by atoms with Gasteiger partial charge in [0.05, 0.1) is 24.6 Å². The summed E-state index contributed by atoms with van der Waals surface area (Å²) in [6.45, 7) is 5.09. The van der Waals surface area contributed by atoms with Gasteiger partial charge in [-0.15, -0.1) is 0 Å². The van der Waals surface area contributed by atoms with Crippen molar-refractivity contribution >= 4 is 0 Å². The molecule has 0 bridgehead atoms. The van der Waals surface area contributed by atoms with Crippen LogP contribution in [0.2, 0.25) is 0 Å². The molecular formula is C13H18N2O3. The largest absolute Gasteiger partial charge is 0.378 e. The zero-order valence-corrected chi connectivity index (χ0v) is 10.6. The van der Waals surface area contributed by atoms with Crippen molar-refractivity contribution in [1.82, 2.24) is 4.90 Å². The molecule has 0 aromatic carbocycles. The Balaban J connectivity index is 2.27. The van der Waals surface area contributed by atoms with E-state index in [1.165, 1.54) is 0 Å². The first-order valence-corrected chi connectivity index (χ1v) is 6.29. The van der Waals surface area contributed by atoms with Crippen LogP contribution in [0.5, 0.6) is 0 Å². The van der Waals surface area contributed by atoms with E-state index in [2.05, 4.69) is 4.90 Å². The van der Waals surface area contributed by atoms with Crippen LogP contribution in [0.4, 0.5) is 0 Å². The van der Waals surface area contributed by atoms with Crippen molar-refractivity contribution in [2.24, 2.45) is 0 Å². The first-order chi connectivity index (χ1) is 8.72. The molecule has 5 heteroatoms. The molecule has 0 N–H and O–H groups in total. The van der Waals surface area contributed by atoms with E-state index in [9.17, 15) is 10.1 Å². The highest BCUT2D eigenvalue weighted by Crippen LogP contribution is 2.23. The number of ether oxygens (including phenoxy) is 1. The Morgan fingerprint density at radius 1 is 1.44 bits per heavy atom. The summed E-state index contributed by atoms with van der Waals surface area (Å²) in [4.78, 5) is 13.0. The van der Waals surface area contributed by atoms with Gasteiger partial charge in [0.1, 0.15) is 0 Å². The lowest BCUT2D eigenvalue weighted by Gasteiger charge is -2.29. The molecule has 1 aliphatic heterocycles. The highest BCUT2D eigenvalue weighted by molar-refractivity contribution is 5.35. The van der Waals surface area contributed by atoms with Crippen LogP contribution in [0.15, 0.2) is 35.2 Å². The maximum atomic E-state index is 11.0. The van der Waals surface area contributed by atoms with Gasteiger partial charge in [-0.3, -0.25) is 10.1 Å². The Bertz CT molecular complexity index is 418. The number of hydrogen-bond acceptors (Lipinski definition) is 4. The summed E-state index contributed by atoms with van der Waals surface area (Å²) in [6.07, 6.45) is 6.90. The molecule has 1 fully saturated rings. The summed E-state index contributed by atoms with van der Waals surface area (Å²) in [5.74, 6) is 0. The van der Waals surface area contributed by atoms with Crippen molar-refractivity contribution in [3.8, 4) is 0 Å². The Labute approximate surface area is 107 Å². The first-order valence-electron chi connectivity index (χ1n) is 6.29. The summed E-state index contributed by atoms with van der Waals surface area (Å²) in [5.41, 5.74) is 2.20. The van der Waals surface area contributed by atoms with E-state index in [1.54, 1.807) is 0 Å². The van der Waals surface area contributed by atoms with Crippen LogP contribution in [0, 0.1) is 10.1 Å². The highest BCUT2D eigenvalue weighted by atomic mass is 16.6. The van der Waals surface area contributed by atoms with Crippen LogP contribution in [-0.2, 0) is 4.74 Å². The van der Waals surface area contributed by atoms with Crippen molar-refractivity contribution in [3.05, 3.63) is 45.3 Å². The smallest absolute Gasteiger partial charge is 0.253 e. The number of hydrogen-bond donors (Lipinski definition) is 0. The number of rotatable bonds is 3. The topological polar surface area (TPSA) is 55.6 Å². The fourth-order valence-electron chi connectivity index (χ4n) is 2.25. The van der Waals surface area contributed by atoms with E-state index < -0.39 is 0 Å². The molecule has 1 saturated heterocycles. The number of allylic oxidation sites excluding steroid dienone is 4. The molecule has 0 radical (unpaired) electrons. The van der Waals surface area contributed by atoms with Gasteiger partial charge in [-0.1, -0.05) is 13.0 Å². The standard InChI is InChI=1S/C13H18N2O3/c1-2-11-10-12(14-6-8-18-9-7-14)4-3-5-13(11)15(16)17/h3-4,10H,2,5-9H2,1H3. The molecule has 2 rings (SSSR count). The summed E-state index contributed by atoms with van der Waals surface area (Å²) in [5, 5.41) is 11.0. The van der Waals surface area contributed by atoms with E-state index in [-0.39, 0.29) is 4.92 Å². The second-order valence-corrected chi connectivity index (χ2v) is 4.36. The minimum Gasteiger partial charge on any atom is -0.378 e. The molecule has 0 aromatic rings. The Hall–Kier alpha value is -1.62. The van der Waals surface area contributed by atoms with Crippen molar-refractivity contribution in [1.29, 1.82) is 0 Å². The molecule has 0 atom stereocenters.